The number of ether oxygens (including phenoxy) is 1. The molecule has 0 saturated carbocycles. The lowest BCUT2D eigenvalue weighted by atomic mass is 9.95. The summed E-state index contributed by atoms with van der Waals surface area (Å²) in [5.41, 5.74) is 0. The van der Waals surface area contributed by atoms with Gasteiger partial charge in [-0.3, -0.25) is 4.79 Å². The second kappa shape index (κ2) is 4.53. The molecule has 15 heavy (non-hydrogen) atoms. The number of carbonyl (C=O) groups is 1. The monoisotopic (exact) mass is 209 g/mol. The zero-order valence-corrected chi connectivity index (χ0v) is 8.85. The first-order valence-electron chi connectivity index (χ1n) is 5.32. The van der Waals surface area contributed by atoms with Crippen molar-refractivity contribution < 1.29 is 9.53 Å². The van der Waals surface area contributed by atoms with E-state index in [9.17, 15) is 4.79 Å². The highest BCUT2D eigenvalue weighted by Crippen LogP contribution is 2.18. The van der Waals surface area contributed by atoms with E-state index < -0.39 is 0 Å². The summed E-state index contributed by atoms with van der Waals surface area (Å²) < 4.78 is 6.88. The van der Waals surface area contributed by atoms with E-state index >= 15 is 0 Å². The molecular weight excluding hydrogens is 194 g/mol. The Morgan fingerprint density at radius 1 is 1.60 bits per heavy atom. The van der Waals surface area contributed by atoms with Gasteiger partial charge in [0.1, 0.15) is 6.33 Å². The standard InChI is InChI=1S/C10H15N3O2/c1-2-13-10(11-7-12-13)9(14)8-3-5-15-6-4-8/h7-8H,2-6H2,1H3. The van der Waals surface area contributed by atoms with Gasteiger partial charge < -0.3 is 4.74 Å². The van der Waals surface area contributed by atoms with Gasteiger partial charge in [-0.2, -0.15) is 5.10 Å². The molecule has 0 aromatic carbocycles. The van der Waals surface area contributed by atoms with Crippen molar-refractivity contribution in [2.75, 3.05) is 13.2 Å². The van der Waals surface area contributed by atoms with Crippen molar-refractivity contribution in [3.63, 3.8) is 0 Å². The van der Waals surface area contributed by atoms with Crippen LogP contribution >= 0.6 is 0 Å². The summed E-state index contributed by atoms with van der Waals surface area (Å²) in [4.78, 5) is 16.1. The summed E-state index contributed by atoms with van der Waals surface area (Å²) in [7, 11) is 0. The first kappa shape index (κ1) is 10.3. The van der Waals surface area contributed by atoms with Gasteiger partial charge in [-0.25, -0.2) is 9.67 Å². The summed E-state index contributed by atoms with van der Waals surface area (Å²) in [6.45, 7) is 3.99. The van der Waals surface area contributed by atoms with E-state index in [0.29, 0.717) is 25.6 Å². The second-order valence-corrected chi connectivity index (χ2v) is 3.65. The number of carbonyl (C=O) groups excluding carboxylic acids is 1. The van der Waals surface area contributed by atoms with Gasteiger partial charge >= 0.3 is 0 Å². The average Bonchev–Trinajstić information content (AvgIpc) is 2.77. The molecule has 1 aliphatic heterocycles. The number of hydrogen-bond acceptors (Lipinski definition) is 4. The number of rotatable bonds is 3. The Balaban J connectivity index is 2.12. The smallest absolute Gasteiger partial charge is 0.203 e. The van der Waals surface area contributed by atoms with Gasteiger partial charge in [0.05, 0.1) is 0 Å². The molecule has 0 aliphatic carbocycles. The van der Waals surface area contributed by atoms with Crippen molar-refractivity contribution in [3.8, 4) is 0 Å². The molecule has 1 aromatic rings. The van der Waals surface area contributed by atoms with Crippen molar-refractivity contribution in [1.82, 2.24) is 14.8 Å². The normalized spacial score (nSPS) is 17.9. The maximum absolute atomic E-state index is 12.1. The number of aryl methyl sites for hydroxylation is 1. The third-order valence-electron chi connectivity index (χ3n) is 2.73. The number of nitrogens with zero attached hydrogens (tertiary/aromatic N) is 3. The summed E-state index contributed by atoms with van der Waals surface area (Å²) in [5.74, 6) is 0.662. The zero-order valence-electron chi connectivity index (χ0n) is 8.85. The van der Waals surface area contributed by atoms with Gasteiger partial charge in [-0.05, 0) is 19.8 Å². The Kier molecular flexibility index (Phi) is 3.11. The maximum Gasteiger partial charge on any atom is 0.203 e. The quantitative estimate of drug-likeness (QED) is 0.694. The molecular formula is C10H15N3O2. The van der Waals surface area contributed by atoms with Crippen LogP contribution in [-0.2, 0) is 11.3 Å². The highest BCUT2D eigenvalue weighted by molar-refractivity contribution is 5.94. The van der Waals surface area contributed by atoms with E-state index in [4.69, 9.17) is 4.74 Å². The molecule has 1 aromatic heterocycles. The van der Waals surface area contributed by atoms with Crippen molar-refractivity contribution in [2.45, 2.75) is 26.3 Å². The first-order valence-corrected chi connectivity index (χ1v) is 5.32. The fourth-order valence-electron chi connectivity index (χ4n) is 1.83. The number of ketones is 1. The van der Waals surface area contributed by atoms with Crippen LogP contribution in [0.15, 0.2) is 6.33 Å². The van der Waals surface area contributed by atoms with E-state index in [2.05, 4.69) is 10.1 Å². The van der Waals surface area contributed by atoms with E-state index in [1.165, 1.54) is 6.33 Å². The zero-order chi connectivity index (χ0) is 10.7. The molecule has 1 fully saturated rings. The molecule has 0 spiro atoms. The SMILES string of the molecule is CCn1ncnc1C(=O)C1CCOCC1. The molecule has 0 bridgehead atoms. The summed E-state index contributed by atoms with van der Waals surface area (Å²) in [5, 5.41) is 4.00. The van der Waals surface area contributed by atoms with Crippen LogP contribution in [0.4, 0.5) is 0 Å². The van der Waals surface area contributed by atoms with E-state index in [1.54, 1.807) is 4.68 Å². The fraction of sp³-hybridized carbons (Fsp3) is 0.700. The molecule has 1 saturated heterocycles. The molecule has 0 amide bonds. The molecule has 5 heteroatoms. The van der Waals surface area contributed by atoms with Crippen LogP contribution in [0.25, 0.3) is 0 Å². The summed E-state index contributed by atoms with van der Waals surface area (Å²) in [6.07, 6.45) is 3.04. The lowest BCUT2D eigenvalue weighted by Crippen LogP contribution is -2.26. The van der Waals surface area contributed by atoms with Crippen LogP contribution in [0, 0.1) is 5.92 Å². The Labute approximate surface area is 88.4 Å². The summed E-state index contributed by atoms with van der Waals surface area (Å²) in [6, 6.07) is 0. The highest BCUT2D eigenvalue weighted by atomic mass is 16.5. The van der Waals surface area contributed by atoms with Gasteiger partial charge in [-0.1, -0.05) is 0 Å². The lowest BCUT2D eigenvalue weighted by Gasteiger charge is -2.20. The topological polar surface area (TPSA) is 57.0 Å². The van der Waals surface area contributed by atoms with Crippen LogP contribution in [0.5, 0.6) is 0 Å². The van der Waals surface area contributed by atoms with Gasteiger partial charge in [0, 0.05) is 25.7 Å². The predicted molar refractivity (Wildman–Crippen MR) is 53.6 cm³/mol. The molecule has 2 rings (SSSR count). The Bertz CT molecular complexity index is 342. The van der Waals surface area contributed by atoms with Crippen molar-refractivity contribution >= 4 is 5.78 Å². The van der Waals surface area contributed by atoms with Gasteiger partial charge in [0.2, 0.25) is 5.78 Å². The average molecular weight is 209 g/mol. The maximum atomic E-state index is 12.1. The molecule has 0 N–H and O–H groups in total. The minimum atomic E-state index is 0.0632. The van der Waals surface area contributed by atoms with Crippen LogP contribution in [0.1, 0.15) is 30.4 Å². The Morgan fingerprint density at radius 3 is 3.00 bits per heavy atom. The lowest BCUT2D eigenvalue weighted by molar-refractivity contribution is 0.0534. The minimum Gasteiger partial charge on any atom is -0.381 e. The molecule has 0 radical (unpaired) electrons. The predicted octanol–water partition coefficient (Wildman–Crippen LogP) is 0.907. The number of aromatic nitrogens is 3. The minimum absolute atomic E-state index is 0.0632. The number of Topliss-reactive ketones (excluding diaryl/α,β-unsaturated/α-hetero) is 1. The summed E-state index contributed by atoms with van der Waals surface area (Å²) >= 11 is 0. The van der Waals surface area contributed by atoms with E-state index in [0.717, 1.165) is 12.8 Å². The van der Waals surface area contributed by atoms with E-state index in [-0.39, 0.29) is 11.7 Å². The van der Waals surface area contributed by atoms with Crippen molar-refractivity contribution in [1.29, 1.82) is 0 Å². The Hall–Kier alpha value is -1.23. The molecule has 0 atom stereocenters. The molecule has 5 nitrogen and oxygen atoms in total. The van der Waals surface area contributed by atoms with E-state index in [1.807, 2.05) is 6.92 Å². The molecule has 2 heterocycles. The van der Waals surface area contributed by atoms with Gasteiger partial charge in [0.15, 0.2) is 5.82 Å². The van der Waals surface area contributed by atoms with Gasteiger partial charge in [-0.15, -0.1) is 0 Å². The Morgan fingerprint density at radius 2 is 2.33 bits per heavy atom. The number of hydrogen-bond donors (Lipinski definition) is 0. The molecule has 0 unspecified atom stereocenters. The fourth-order valence-corrected chi connectivity index (χ4v) is 1.83. The highest BCUT2D eigenvalue weighted by Gasteiger charge is 2.26. The van der Waals surface area contributed by atoms with Crippen LogP contribution in [0.3, 0.4) is 0 Å². The third kappa shape index (κ3) is 2.07. The third-order valence-corrected chi connectivity index (χ3v) is 2.73. The van der Waals surface area contributed by atoms with Crippen molar-refractivity contribution in [2.24, 2.45) is 5.92 Å². The van der Waals surface area contributed by atoms with Crippen LogP contribution in [0.2, 0.25) is 0 Å². The molecule has 82 valence electrons. The van der Waals surface area contributed by atoms with Crippen molar-refractivity contribution in [3.05, 3.63) is 12.2 Å². The molecule has 1 aliphatic rings. The van der Waals surface area contributed by atoms with Gasteiger partial charge in [0.25, 0.3) is 0 Å². The van der Waals surface area contributed by atoms with Crippen LogP contribution < -0.4 is 0 Å². The van der Waals surface area contributed by atoms with Crippen LogP contribution in [-0.4, -0.2) is 33.8 Å². The first-order chi connectivity index (χ1) is 7.33. The largest absolute Gasteiger partial charge is 0.381 e. The second-order valence-electron chi connectivity index (χ2n) is 3.65.